The van der Waals surface area contributed by atoms with E-state index in [2.05, 4.69) is 20.9 Å². The Kier molecular flexibility index (Phi) is 4.74. The quantitative estimate of drug-likeness (QED) is 0.452. The van der Waals surface area contributed by atoms with E-state index in [9.17, 15) is 19.4 Å². The molecule has 1 aromatic heterocycles. The third kappa shape index (κ3) is 3.12. The molecule has 3 aromatic rings. The fourth-order valence-electron chi connectivity index (χ4n) is 3.44. The lowest BCUT2D eigenvalue weighted by Crippen LogP contribution is -2.43. The number of anilines is 2. The van der Waals surface area contributed by atoms with Crippen molar-refractivity contribution in [3.63, 3.8) is 0 Å². The van der Waals surface area contributed by atoms with E-state index in [1.807, 2.05) is 18.2 Å². The summed E-state index contributed by atoms with van der Waals surface area (Å²) in [6, 6.07) is 9.64. The molecule has 144 valence electrons. The zero-order valence-corrected chi connectivity index (χ0v) is 16.5. The molecule has 2 N–H and O–H groups in total. The summed E-state index contributed by atoms with van der Waals surface area (Å²) in [4.78, 5) is 18.4. The summed E-state index contributed by atoms with van der Waals surface area (Å²) in [5.74, 6) is -3.06. The molecule has 2 heterocycles. The molecule has 2 aromatic carbocycles. The van der Waals surface area contributed by atoms with E-state index in [0.717, 1.165) is 23.6 Å². The van der Waals surface area contributed by atoms with Gasteiger partial charge in [0.25, 0.3) is 0 Å². The minimum Gasteiger partial charge on any atom is -0.375 e. The van der Waals surface area contributed by atoms with Gasteiger partial charge in [-0.1, -0.05) is 28.1 Å². The second kappa shape index (κ2) is 6.96. The van der Waals surface area contributed by atoms with Crippen LogP contribution in [0.15, 0.2) is 45.7 Å². The van der Waals surface area contributed by atoms with Crippen molar-refractivity contribution in [2.75, 3.05) is 18.1 Å². The van der Waals surface area contributed by atoms with Gasteiger partial charge in [0.15, 0.2) is 5.82 Å². The van der Waals surface area contributed by atoms with Crippen LogP contribution in [-0.4, -0.2) is 40.8 Å². The number of nitrogens with zero attached hydrogens (tertiary/aromatic N) is 3. The number of aromatic nitrogens is 2. The normalized spacial score (nSPS) is 14.8. The first-order valence-electron chi connectivity index (χ1n) is 8.58. The van der Waals surface area contributed by atoms with E-state index in [1.54, 1.807) is 4.90 Å². The summed E-state index contributed by atoms with van der Waals surface area (Å²) in [6.45, 7) is 1.05. The fraction of sp³-hybridized carbons (Fsp3) is 0.222. The van der Waals surface area contributed by atoms with E-state index in [0.29, 0.717) is 24.3 Å². The van der Waals surface area contributed by atoms with E-state index in [1.165, 1.54) is 18.2 Å². The van der Waals surface area contributed by atoms with Gasteiger partial charge >= 0.3 is 5.69 Å². The van der Waals surface area contributed by atoms with Gasteiger partial charge < -0.3 is 19.8 Å². The number of aliphatic hydroxyl groups is 2. The first-order chi connectivity index (χ1) is 13.3. The summed E-state index contributed by atoms with van der Waals surface area (Å²) in [5.41, 5.74) is 0.716. The molecule has 0 amide bonds. The van der Waals surface area contributed by atoms with Crippen LogP contribution in [0, 0.1) is 5.82 Å². The van der Waals surface area contributed by atoms with E-state index >= 15 is 0 Å². The Morgan fingerprint density at radius 1 is 1.25 bits per heavy atom. The van der Waals surface area contributed by atoms with Gasteiger partial charge in [0.2, 0.25) is 13.7 Å². The molecule has 0 bridgehead atoms. The standard InChI is InChI=1S/C18H16BBrFN3O4/c19-18(26,27)24-14-6-2-4-12(21)15(14)16(22-17(24)25)23-7-8-28-9-10-11(20)3-1-5-13(10)23/h1-6,26-27H,7-9,19H2. The number of halogens is 2. The lowest BCUT2D eigenvalue weighted by molar-refractivity contribution is -0.151. The molecule has 1 aliphatic heterocycles. The summed E-state index contributed by atoms with van der Waals surface area (Å²) in [7, 11) is 1.02. The maximum Gasteiger partial charge on any atom is 0.353 e. The first-order valence-corrected chi connectivity index (χ1v) is 9.37. The molecule has 0 atom stereocenters. The number of rotatable bonds is 2. The second-order valence-electron chi connectivity index (χ2n) is 6.60. The zero-order chi connectivity index (χ0) is 20.1. The highest BCUT2D eigenvalue weighted by Crippen LogP contribution is 2.37. The van der Waals surface area contributed by atoms with Crippen molar-refractivity contribution >= 4 is 46.2 Å². The molecule has 4 rings (SSSR count). The summed E-state index contributed by atoms with van der Waals surface area (Å²) in [6.07, 6.45) is 0. The van der Waals surface area contributed by atoms with E-state index in [4.69, 9.17) is 4.74 Å². The van der Waals surface area contributed by atoms with Crippen molar-refractivity contribution in [3.8, 4) is 0 Å². The van der Waals surface area contributed by atoms with Gasteiger partial charge in [-0.05, 0) is 24.3 Å². The van der Waals surface area contributed by atoms with Crippen LogP contribution in [0.3, 0.4) is 0 Å². The van der Waals surface area contributed by atoms with E-state index < -0.39 is 17.3 Å². The Morgan fingerprint density at radius 3 is 2.75 bits per heavy atom. The summed E-state index contributed by atoms with van der Waals surface area (Å²) in [5, 5.41) is 20.0. The minimum atomic E-state index is -2.53. The molecule has 0 fully saturated rings. The predicted octanol–water partition coefficient (Wildman–Crippen LogP) is 1.15. The molecular formula is C18H16BBrFN3O4. The average molecular weight is 448 g/mol. The molecular weight excluding hydrogens is 432 g/mol. The molecule has 28 heavy (non-hydrogen) atoms. The molecule has 7 nitrogen and oxygen atoms in total. The lowest BCUT2D eigenvalue weighted by atomic mass is 10.0. The molecule has 1 aliphatic rings. The Bertz CT molecular complexity index is 1130. The number of ether oxygens (including phenoxy) is 1. The summed E-state index contributed by atoms with van der Waals surface area (Å²) < 4.78 is 22.0. The van der Waals surface area contributed by atoms with Gasteiger partial charge in [0.05, 0.1) is 24.1 Å². The highest BCUT2D eigenvalue weighted by molar-refractivity contribution is 9.10. The monoisotopic (exact) mass is 447 g/mol. The van der Waals surface area contributed by atoms with Crippen LogP contribution in [0.5, 0.6) is 0 Å². The molecule has 0 aliphatic carbocycles. The Hall–Kier alpha value is -2.27. The Balaban J connectivity index is 2.07. The fourth-order valence-corrected chi connectivity index (χ4v) is 3.91. The number of hydrogen-bond acceptors (Lipinski definition) is 6. The zero-order valence-electron chi connectivity index (χ0n) is 14.9. The molecule has 0 unspecified atom stereocenters. The summed E-state index contributed by atoms with van der Waals surface area (Å²) >= 11 is 3.50. The van der Waals surface area contributed by atoms with Crippen molar-refractivity contribution in [3.05, 3.63) is 62.7 Å². The van der Waals surface area contributed by atoms with Crippen LogP contribution in [0.25, 0.3) is 10.9 Å². The van der Waals surface area contributed by atoms with Crippen LogP contribution in [-0.2, 0) is 17.2 Å². The van der Waals surface area contributed by atoms with Crippen molar-refractivity contribution in [2.24, 2.45) is 0 Å². The Labute approximate surface area is 168 Å². The van der Waals surface area contributed by atoms with Gasteiger partial charge in [-0.25, -0.2) is 13.8 Å². The molecule has 0 spiro atoms. The van der Waals surface area contributed by atoms with Crippen molar-refractivity contribution in [1.29, 1.82) is 0 Å². The van der Waals surface area contributed by atoms with Gasteiger partial charge in [0, 0.05) is 22.3 Å². The lowest BCUT2D eigenvalue weighted by Gasteiger charge is -2.27. The maximum absolute atomic E-state index is 14.9. The third-order valence-corrected chi connectivity index (χ3v) is 5.36. The minimum absolute atomic E-state index is 0.0178. The maximum atomic E-state index is 14.9. The predicted molar refractivity (Wildman–Crippen MR) is 108 cm³/mol. The van der Waals surface area contributed by atoms with Gasteiger partial charge in [-0.15, -0.1) is 0 Å². The van der Waals surface area contributed by atoms with Crippen LogP contribution in [0.2, 0.25) is 0 Å². The molecule has 0 radical (unpaired) electrons. The van der Waals surface area contributed by atoms with Crippen LogP contribution < -0.4 is 10.6 Å². The van der Waals surface area contributed by atoms with Crippen LogP contribution >= 0.6 is 15.9 Å². The van der Waals surface area contributed by atoms with Crippen LogP contribution in [0.1, 0.15) is 5.56 Å². The van der Waals surface area contributed by atoms with E-state index in [-0.39, 0.29) is 16.7 Å². The van der Waals surface area contributed by atoms with Gasteiger partial charge in [-0.3, -0.25) is 0 Å². The SMILES string of the molecule is BC(O)(O)n1c(=O)nc(N2CCOCc3c(Br)cccc32)c2c(F)cccc21. The highest BCUT2D eigenvalue weighted by atomic mass is 79.9. The van der Waals surface area contributed by atoms with Crippen molar-refractivity contribution < 1.29 is 19.3 Å². The van der Waals surface area contributed by atoms with Crippen LogP contribution in [0.4, 0.5) is 15.9 Å². The number of fused-ring (bicyclic) bond motifs is 2. The highest BCUT2D eigenvalue weighted by Gasteiger charge is 2.29. The average Bonchev–Trinajstić information content (AvgIpc) is 2.83. The van der Waals surface area contributed by atoms with Gasteiger partial charge in [-0.2, -0.15) is 4.98 Å². The topological polar surface area (TPSA) is 87.8 Å². The first kappa shape index (κ1) is 19.1. The van der Waals surface area contributed by atoms with Gasteiger partial charge in [0.1, 0.15) is 5.82 Å². The number of benzene rings is 2. The second-order valence-corrected chi connectivity index (χ2v) is 7.45. The molecule has 10 heteroatoms. The molecule has 0 saturated heterocycles. The Morgan fingerprint density at radius 2 is 2.00 bits per heavy atom. The number of hydrogen-bond donors (Lipinski definition) is 2. The van der Waals surface area contributed by atoms with Crippen molar-refractivity contribution in [2.45, 2.75) is 12.4 Å². The van der Waals surface area contributed by atoms with Crippen molar-refractivity contribution in [1.82, 2.24) is 9.55 Å². The molecule has 0 saturated carbocycles. The largest absolute Gasteiger partial charge is 0.375 e. The third-order valence-electron chi connectivity index (χ3n) is 4.62. The smallest absolute Gasteiger partial charge is 0.353 e.